The molecular weight excluding hydrogens is 326 g/mol. The van der Waals surface area contributed by atoms with Gasteiger partial charge in [0.15, 0.2) is 0 Å². The fraction of sp³-hybridized carbons (Fsp3) is 0.333. The van der Waals surface area contributed by atoms with E-state index >= 15 is 0 Å². The summed E-state index contributed by atoms with van der Waals surface area (Å²) >= 11 is 5.80. The van der Waals surface area contributed by atoms with Gasteiger partial charge in [-0.1, -0.05) is 29.8 Å². The number of rotatable bonds is 8. The summed E-state index contributed by atoms with van der Waals surface area (Å²) in [6.45, 7) is 3.26. The summed E-state index contributed by atoms with van der Waals surface area (Å²) in [6.07, 6.45) is 1.80. The molecule has 1 amide bonds. The lowest BCUT2D eigenvalue weighted by molar-refractivity contribution is -0.123. The SMILES string of the molecule is Cc1ccc(NCCCNC(=O)CC(O)c2ccc(Cl)cc2)nc1. The highest BCUT2D eigenvalue weighted by Crippen LogP contribution is 2.18. The molecule has 0 bridgehead atoms. The average molecular weight is 348 g/mol. The Morgan fingerprint density at radius 1 is 1.21 bits per heavy atom. The van der Waals surface area contributed by atoms with Crippen LogP contribution in [0.2, 0.25) is 5.02 Å². The Kier molecular flexibility index (Phi) is 7.03. The zero-order valence-corrected chi connectivity index (χ0v) is 14.4. The lowest BCUT2D eigenvalue weighted by Crippen LogP contribution is -2.27. The largest absolute Gasteiger partial charge is 0.388 e. The topological polar surface area (TPSA) is 74.2 Å². The van der Waals surface area contributed by atoms with Crippen molar-refractivity contribution in [3.8, 4) is 0 Å². The van der Waals surface area contributed by atoms with Gasteiger partial charge in [-0.2, -0.15) is 0 Å². The molecule has 5 nitrogen and oxygen atoms in total. The van der Waals surface area contributed by atoms with Crippen molar-refractivity contribution >= 4 is 23.3 Å². The second-order valence-electron chi connectivity index (χ2n) is 5.62. The Balaban J connectivity index is 1.62. The van der Waals surface area contributed by atoms with Crippen molar-refractivity contribution < 1.29 is 9.90 Å². The zero-order valence-electron chi connectivity index (χ0n) is 13.6. The van der Waals surface area contributed by atoms with Crippen LogP contribution in [0.4, 0.5) is 5.82 Å². The third kappa shape index (κ3) is 6.18. The van der Waals surface area contributed by atoms with Crippen molar-refractivity contribution in [2.75, 3.05) is 18.4 Å². The molecule has 0 aliphatic carbocycles. The van der Waals surface area contributed by atoms with Crippen LogP contribution in [0.5, 0.6) is 0 Å². The predicted octanol–water partition coefficient (Wildman–Crippen LogP) is 3.09. The van der Waals surface area contributed by atoms with Crippen LogP contribution in [0, 0.1) is 6.92 Å². The Bertz CT molecular complexity index is 644. The van der Waals surface area contributed by atoms with Crippen molar-refractivity contribution in [3.05, 3.63) is 58.7 Å². The summed E-state index contributed by atoms with van der Waals surface area (Å²) in [7, 11) is 0. The summed E-state index contributed by atoms with van der Waals surface area (Å²) < 4.78 is 0. The number of amides is 1. The zero-order chi connectivity index (χ0) is 17.4. The number of aliphatic hydroxyl groups excluding tert-OH is 1. The predicted molar refractivity (Wildman–Crippen MR) is 96.1 cm³/mol. The van der Waals surface area contributed by atoms with Crippen molar-refractivity contribution in [2.24, 2.45) is 0 Å². The number of carbonyl (C=O) groups is 1. The molecule has 6 heteroatoms. The molecule has 0 radical (unpaired) electrons. The minimum absolute atomic E-state index is 0.0363. The van der Waals surface area contributed by atoms with E-state index in [4.69, 9.17) is 11.6 Å². The van der Waals surface area contributed by atoms with Crippen molar-refractivity contribution in [2.45, 2.75) is 25.9 Å². The minimum Gasteiger partial charge on any atom is -0.388 e. The number of pyridine rings is 1. The number of hydrogen-bond donors (Lipinski definition) is 3. The number of aromatic nitrogens is 1. The highest BCUT2D eigenvalue weighted by Gasteiger charge is 2.12. The van der Waals surface area contributed by atoms with E-state index in [0.717, 1.165) is 24.3 Å². The molecule has 2 aromatic rings. The smallest absolute Gasteiger partial charge is 0.222 e. The highest BCUT2D eigenvalue weighted by molar-refractivity contribution is 6.30. The van der Waals surface area contributed by atoms with E-state index < -0.39 is 6.10 Å². The Labute approximate surface area is 147 Å². The van der Waals surface area contributed by atoms with Crippen LogP contribution < -0.4 is 10.6 Å². The van der Waals surface area contributed by atoms with Crippen molar-refractivity contribution in [1.29, 1.82) is 0 Å². The average Bonchev–Trinajstić information content (AvgIpc) is 2.56. The third-order valence-electron chi connectivity index (χ3n) is 3.53. The van der Waals surface area contributed by atoms with Crippen molar-refractivity contribution in [3.63, 3.8) is 0 Å². The first-order valence-electron chi connectivity index (χ1n) is 7.91. The molecule has 0 spiro atoms. The van der Waals surface area contributed by atoms with Crippen LogP contribution in [0.25, 0.3) is 0 Å². The second-order valence-corrected chi connectivity index (χ2v) is 6.06. The number of nitrogens with one attached hydrogen (secondary N) is 2. The lowest BCUT2D eigenvalue weighted by Gasteiger charge is -2.11. The molecule has 2 rings (SSSR count). The number of aliphatic hydroxyl groups is 1. The Morgan fingerprint density at radius 3 is 2.62 bits per heavy atom. The molecule has 1 unspecified atom stereocenters. The van der Waals surface area contributed by atoms with Gasteiger partial charge >= 0.3 is 0 Å². The summed E-state index contributed by atoms with van der Waals surface area (Å²) in [5.74, 6) is 0.649. The molecule has 1 aromatic heterocycles. The standard InChI is InChI=1S/C18H22ClN3O2/c1-13-3-8-17(22-12-13)20-9-2-10-21-18(24)11-16(23)14-4-6-15(19)7-5-14/h3-8,12,16,23H,2,9-11H2,1H3,(H,20,22)(H,21,24). The van der Waals surface area contributed by atoms with Gasteiger partial charge in [-0.15, -0.1) is 0 Å². The molecule has 1 aromatic carbocycles. The van der Waals surface area contributed by atoms with Gasteiger partial charge in [0.25, 0.3) is 0 Å². The first kappa shape index (κ1) is 18.2. The van der Waals surface area contributed by atoms with E-state index in [-0.39, 0.29) is 12.3 Å². The summed E-state index contributed by atoms with van der Waals surface area (Å²) in [5.41, 5.74) is 1.80. The number of aryl methyl sites for hydroxylation is 1. The van der Waals surface area contributed by atoms with Gasteiger partial charge in [-0.25, -0.2) is 4.98 Å². The van der Waals surface area contributed by atoms with Crippen LogP contribution in [-0.4, -0.2) is 29.1 Å². The number of hydrogen-bond acceptors (Lipinski definition) is 4. The van der Waals surface area contributed by atoms with E-state index in [9.17, 15) is 9.90 Å². The van der Waals surface area contributed by atoms with Crippen LogP contribution in [0.1, 0.15) is 30.1 Å². The third-order valence-corrected chi connectivity index (χ3v) is 3.78. The van der Waals surface area contributed by atoms with Gasteiger partial charge in [0.1, 0.15) is 5.82 Å². The monoisotopic (exact) mass is 347 g/mol. The van der Waals surface area contributed by atoms with E-state index in [1.54, 1.807) is 24.3 Å². The second kappa shape index (κ2) is 9.25. The lowest BCUT2D eigenvalue weighted by atomic mass is 10.1. The Morgan fingerprint density at radius 2 is 1.96 bits per heavy atom. The van der Waals surface area contributed by atoms with E-state index in [0.29, 0.717) is 17.1 Å². The maximum absolute atomic E-state index is 11.8. The van der Waals surface area contributed by atoms with E-state index in [2.05, 4.69) is 15.6 Å². The van der Waals surface area contributed by atoms with Gasteiger partial charge in [0.2, 0.25) is 5.91 Å². The van der Waals surface area contributed by atoms with Gasteiger partial charge in [-0.3, -0.25) is 4.79 Å². The number of benzene rings is 1. The number of anilines is 1. The number of carbonyl (C=O) groups excluding carboxylic acids is 1. The van der Waals surface area contributed by atoms with Crippen LogP contribution >= 0.6 is 11.6 Å². The molecule has 24 heavy (non-hydrogen) atoms. The van der Waals surface area contributed by atoms with Crippen molar-refractivity contribution in [1.82, 2.24) is 10.3 Å². The fourth-order valence-corrected chi connectivity index (χ4v) is 2.28. The van der Waals surface area contributed by atoms with Gasteiger partial charge in [0, 0.05) is 24.3 Å². The molecule has 0 saturated heterocycles. The first-order valence-corrected chi connectivity index (χ1v) is 8.29. The number of halogens is 1. The fourth-order valence-electron chi connectivity index (χ4n) is 2.16. The molecule has 0 saturated carbocycles. The maximum atomic E-state index is 11.8. The molecular formula is C18H22ClN3O2. The normalized spacial score (nSPS) is 11.8. The summed E-state index contributed by atoms with van der Waals surface area (Å²) in [5, 5.41) is 16.6. The summed E-state index contributed by atoms with van der Waals surface area (Å²) in [4.78, 5) is 16.1. The van der Waals surface area contributed by atoms with Crippen LogP contribution in [0.3, 0.4) is 0 Å². The van der Waals surface area contributed by atoms with Gasteiger partial charge < -0.3 is 15.7 Å². The number of nitrogens with zero attached hydrogens (tertiary/aromatic N) is 1. The molecule has 0 fully saturated rings. The van der Waals surface area contributed by atoms with E-state index in [1.165, 1.54) is 0 Å². The molecule has 1 heterocycles. The quantitative estimate of drug-likeness (QED) is 0.641. The first-order chi connectivity index (χ1) is 11.5. The van der Waals surface area contributed by atoms with E-state index in [1.807, 2.05) is 25.3 Å². The molecule has 0 aliphatic heterocycles. The molecule has 0 aliphatic rings. The van der Waals surface area contributed by atoms with Crippen LogP contribution in [-0.2, 0) is 4.79 Å². The van der Waals surface area contributed by atoms with Gasteiger partial charge in [0.05, 0.1) is 12.5 Å². The minimum atomic E-state index is -0.822. The summed E-state index contributed by atoms with van der Waals surface area (Å²) in [6, 6.07) is 10.8. The molecule has 1 atom stereocenters. The molecule has 3 N–H and O–H groups in total. The molecule has 128 valence electrons. The Hall–Kier alpha value is -2.11. The maximum Gasteiger partial charge on any atom is 0.222 e. The van der Waals surface area contributed by atoms with Crippen LogP contribution in [0.15, 0.2) is 42.6 Å². The highest BCUT2D eigenvalue weighted by atomic mass is 35.5. The van der Waals surface area contributed by atoms with Gasteiger partial charge in [-0.05, 0) is 42.7 Å².